The van der Waals surface area contributed by atoms with Gasteiger partial charge in [-0.05, 0) is 12.1 Å². The van der Waals surface area contributed by atoms with Crippen LogP contribution in [0.5, 0.6) is 0 Å². The van der Waals surface area contributed by atoms with Crippen molar-refractivity contribution in [1.82, 2.24) is 4.98 Å². The fraction of sp³-hybridized carbons (Fsp3) is 0.400. The van der Waals surface area contributed by atoms with E-state index >= 15 is 0 Å². The van der Waals surface area contributed by atoms with Gasteiger partial charge >= 0.3 is 0 Å². The highest BCUT2D eigenvalue weighted by Crippen LogP contribution is 2.14. The molecule has 1 saturated heterocycles. The summed E-state index contributed by atoms with van der Waals surface area (Å²) < 4.78 is 18.1. The van der Waals surface area contributed by atoms with Crippen molar-refractivity contribution in [3.63, 3.8) is 0 Å². The average Bonchev–Trinajstić information content (AvgIpc) is 2.29. The maximum absolute atomic E-state index is 12.9. The lowest BCUT2D eigenvalue weighted by atomic mass is 10.3. The molecule has 1 unspecified atom stereocenters. The Morgan fingerprint density at radius 2 is 2.47 bits per heavy atom. The molecule has 2 heterocycles. The summed E-state index contributed by atoms with van der Waals surface area (Å²) in [6.07, 6.45) is -0.455. The van der Waals surface area contributed by atoms with Gasteiger partial charge in [-0.1, -0.05) is 6.07 Å². The number of nitrogens with zero attached hydrogens (tertiary/aromatic N) is 3. The molecule has 78 valence electrons. The van der Waals surface area contributed by atoms with Crippen molar-refractivity contribution < 1.29 is 9.13 Å². The van der Waals surface area contributed by atoms with Crippen molar-refractivity contribution in [1.29, 1.82) is 5.26 Å². The van der Waals surface area contributed by atoms with E-state index in [0.29, 0.717) is 25.5 Å². The van der Waals surface area contributed by atoms with Crippen LogP contribution in [0.4, 0.5) is 10.2 Å². The zero-order chi connectivity index (χ0) is 10.7. The van der Waals surface area contributed by atoms with Crippen molar-refractivity contribution >= 4 is 5.82 Å². The van der Waals surface area contributed by atoms with Gasteiger partial charge in [0.25, 0.3) is 0 Å². The minimum absolute atomic E-state index is 0.437. The Morgan fingerprint density at radius 1 is 1.60 bits per heavy atom. The molecule has 1 atom stereocenters. The average molecular weight is 207 g/mol. The minimum atomic E-state index is -0.507. The molecule has 0 saturated carbocycles. The number of ether oxygens (including phenoxy) is 1. The second-order valence-corrected chi connectivity index (χ2v) is 3.25. The van der Waals surface area contributed by atoms with Gasteiger partial charge in [0.05, 0.1) is 19.2 Å². The first kappa shape index (κ1) is 9.87. The Morgan fingerprint density at radius 3 is 3.20 bits per heavy atom. The quantitative estimate of drug-likeness (QED) is 0.643. The van der Waals surface area contributed by atoms with Gasteiger partial charge in [0.2, 0.25) is 5.95 Å². The van der Waals surface area contributed by atoms with Crippen molar-refractivity contribution in [3.05, 3.63) is 24.1 Å². The number of anilines is 1. The van der Waals surface area contributed by atoms with E-state index in [9.17, 15) is 4.39 Å². The molecule has 1 aromatic rings. The van der Waals surface area contributed by atoms with Crippen LogP contribution in [0.3, 0.4) is 0 Å². The summed E-state index contributed by atoms with van der Waals surface area (Å²) in [5.41, 5.74) is 0. The van der Waals surface area contributed by atoms with Crippen LogP contribution in [-0.2, 0) is 4.74 Å². The van der Waals surface area contributed by atoms with Crippen LogP contribution in [0, 0.1) is 17.3 Å². The Bertz CT molecular complexity index is 390. The van der Waals surface area contributed by atoms with Gasteiger partial charge in [-0.3, -0.25) is 0 Å². The standard InChI is InChI=1S/C10H10FN3O/c11-9-2-1-3-10(13-9)14-4-5-15-8(6-12)7-14/h1-3,8H,4-5,7H2. The summed E-state index contributed by atoms with van der Waals surface area (Å²) in [4.78, 5) is 5.61. The highest BCUT2D eigenvalue weighted by Gasteiger charge is 2.20. The number of nitriles is 1. The molecule has 15 heavy (non-hydrogen) atoms. The van der Waals surface area contributed by atoms with E-state index < -0.39 is 12.1 Å². The van der Waals surface area contributed by atoms with Gasteiger partial charge in [-0.25, -0.2) is 4.98 Å². The molecule has 0 spiro atoms. The summed E-state index contributed by atoms with van der Waals surface area (Å²) >= 11 is 0. The van der Waals surface area contributed by atoms with Gasteiger partial charge in [0, 0.05) is 6.54 Å². The van der Waals surface area contributed by atoms with Crippen molar-refractivity contribution in [2.24, 2.45) is 0 Å². The summed E-state index contributed by atoms with van der Waals surface area (Å²) in [5.74, 6) is 0.0473. The summed E-state index contributed by atoms with van der Waals surface area (Å²) in [7, 11) is 0. The number of halogens is 1. The van der Waals surface area contributed by atoms with Crippen LogP contribution in [0.1, 0.15) is 0 Å². The van der Waals surface area contributed by atoms with Gasteiger partial charge in [-0.2, -0.15) is 9.65 Å². The van der Waals surface area contributed by atoms with Gasteiger partial charge in [0.15, 0.2) is 6.10 Å². The van der Waals surface area contributed by atoms with Crippen LogP contribution in [0.2, 0.25) is 0 Å². The smallest absolute Gasteiger partial charge is 0.214 e. The van der Waals surface area contributed by atoms with Crippen molar-refractivity contribution in [3.8, 4) is 6.07 Å². The van der Waals surface area contributed by atoms with Crippen LogP contribution >= 0.6 is 0 Å². The molecular weight excluding hydrogens is 197 g/mol. The van der Waals surface area contributed by atoms with Gasteiger partial charge < -0.3 is 9.64 Å². The molecule has 4 nitrogen and oxygen atoms in total. The SMILES string of the molecule is N#CC1CN(c2cccc(F)n2)CCO1. The number of rotatable bonds is 1. The predicted molar refractivity (Wildman–Crippen MR) is 51.8 cm³/mol. The monoisotopic (exact) mass is 207 g/mol. The van der Waals surface area contributed by atoms with E-state index in [-0.39, 0.29) is 0 Å². The third-order valence-corrected chi connectivity index (χ3v) is 2.23. The van der Waals surface area contributed by atoms with Crippen LogP contribution < -0.4 is 4.90 Å². The number of hydrogen-bond acceptors (Lipinski definition) is 4. The second kappa shape index (κ2) is 4.24. The van der Waals surface area contributed by atoms with E-state index in [0.717, 1.165) is 0 Å². The Hall–Kier alpha value is -1.67. The lowest BCUT2D eigenvalue weighted by Crippen LogP contribution is -2.42. The highest BCUT2D eigenvalue weighted by atomic mass is 19.1. The summed E-state index contributed by atoms with van der Waals surface area (Å²) in [6.45, 7) is 1.54. The molecule has 1 aliphatic rings. The van der Waals surface area contributed by atoms with E-state index in [1.165, 1.54) is 6.07 Å². The Labute approximate surface area is 86.9 Å². The molecule has 0 aliphatic carbocycles. The van der Waals surface area contributed by atoms with Crippen molar-refractivity contribution in [2.45, 2.75) is 6.10 Å². The largest absolute Gasteiger partial charge is 0.360 e. The fourth-order valence-corrected chi connectivity index (χ4v) is 1.51. The van der Waals surface area contributed by atoms with E-state index in [4.69, 9.17) is 10.00 Å². The first-order valence-electron chi connectivity index (χ1n) is 4.68. The third kappa shape index (κ3) is 2.22. The lowest BCUT2D eigenvalue weighted by Gasteiger charge is -2.30. The molecule has 1 aromatic heterocycles. The molecule has 1 fully saturated rings. The summed E-state index contributed by atoms with van der Waals surface area (Å²) in [5, 5.41) is 8.71. The second-order valence-electron chi connectivity index (χ2n) is 3.25. The predicted octanol–water partition coefficient (Wildman–Crippen LogP) is 0.949. The molecule has 0 bridgehead atoms. The summed E-state index contributed by atoms with van der Waals surface area (Å²) in [6, 6.07) is 6.66. The van der Waals surface area contributed by atoms with Gasteiger partial charge in [0.1, 0.15) is 5.82 Å². The maximum Gasteiger partial charge on any atom is 0.214 e. The first-order chi connectivity index (χ1) is 7.29. The fourth-order valence-electron chi connectivity index (χ4n) is 1.51. The molecule has 0 radical (unpaired) electrons. The number of aromatic nitrogens is 1. The zero-order valence-electron chi connectivity index (χ0n) is 8.06. The van der Waals surface area contributed by atoms with Crippen LogP contribution in [0.15, 0.2) is 18.2 Å². The maximum atomic E-state index is 12.9. The molecule has 5 heteroatoms. The third-order valence-electron chi connectivity index (χ3n) is 2.23. The molecule has 0 aromatic carbocycles. The topological polar surface area (TPSA) is 49.2 Å². The van der Waals surface area contributed by atoms with E-state index in [2.05, 4.69) is 4.98 Å². The Balaban J connectivity index is 2.14. The van der Waals surface area contributed by atoms with E-state index in [1.54, 1.807) is 12.1 Å². The Kier molecular flexibility index (Phi) is 2.79. The lowest BCUT2D eigenvalue weighted by molar-refractivity contribution is 0.0761. The molecule has 1 aliphatic heterocycles. The van der Waals surface area contributed by atoms with Crippen molar-refractivity contribution in [2.75, 3.05) is 24.6 Å². The minimum Gasteiger partial charge on any atom is -0.360 e. The van der Waals surface area contributed by atoms with Crippen LogP contribution in [0.25, 0.3) is 0 Å². The van der Waals surface area contributed by atoms with Gasteiger partial charge in [-0.15, -0.1) is 0 Å². The molecule has 2 rings (SSSR count). The molecular formula is C10H10FN3O. The zero-order valence-corrected chi connectivity index (χ0v) is 8.06. The number of morpholine rings is 1. The van der Waals surface area contributed by atoms with Crippen LogP contribution in [-0.4, -0.2) is 30.8 Å². The number of hydrogen-bond donors (Lipinski definition) is 0. The molecule has 0 amide bonds. The normalized spacial score (nSPS) is 21.1. The highest BCUT2D eigenvalue weighted by molar-refractivity contribution is 5.39. The number of pyridine rings is 1. The molecule has 0 N–H and O–H groups in total. The van der Waals surface area contributed by atoms with E-state index in [1.807, 2.05) is 11.0 Å². The first-order valence-corrected chi connectivity index (χ1v) is 4.68.